The second-order valence-electron chi connectivity index (χ2n) is 4.13. The number of hydrogen-bond acceptors (Lipinski definition) is 3. The van der Waals surface area contributed by atoms with E-state index in [0.29, 0.717) is 6.54 Å². The van der Waals surface area contributed by atoms with E-state index in [-0.39, 0.29) is 11.2 Å². The number of rotatable bonds is 5. The molecule has 4 heteroatoms. The van der Waals surface area contributed by atoms with Crippen molar-refractivity contribution >= 4 is 17.7 Å². The number of carbonyl (C=O) groups is 1. The molecule has 0 radical (unpaired) electrons. The predicted octanol–water partition coefficient (Wildman–Crippen LogP) is 2.88. The summed E-state index contributed by atoms with van der Waals surface area (Å²) in [5.41, 5.74) is 1.10. The molecule has 0 bridgehead atoms. The molecule has 0 aliphatic carbocycles. The molecule has 2 aromatic rings. The Kier molecular flexibility index (Phi) is 4.98. The van der Waals surface area contributed by atoms with Gasteiger partial charge in [-0.1, -0.05) is 48.2 Å². The standard InChI is InChI=1S/C15H16N2OS/c1-12(19-14-9-5-6-10-16-14)15(18)17-11-13-7-3-2-4-8-13/h2-10,12H,11H2,1H3,(H,17,18). The van der Waals surface area contributed by atoms with Crippen molar-refractivity contribution in [3.8, 4) is 0 Å². The maximum absolute atomic E-state index is 12.0. The molecule has 98 valence electrons. The predicted molar refractivity (Wildman–Crippen MR) is 77.8 cm³/mol. The fourth-order valence-electron chi connectivity index (χ4n) is 1.58. The van der Waals surface area contributed by atoms with Crippen molar-refractivity contribution in [2.75, 3.05) is 0 Å². The van der Waals surface area contributed by atoms with Gasteiger partial charge in [0, 0.05) is 12.7 Å². The van der Waals surface area contributed by atoms with Crippen LogP contribution >= 0.6 is 11.8 Å². The number of thioether (sulfide) groups is 1. The van der Waals surface area contributed by atoms with Gasteiger partial charge in [0.25, 0.3) is 0 Å². The molecule has 1 aromatic carbocycles. The molecule has 2 rings (SSSR count). The van der Waals surface area contributed by atoms with Gasteiger partial charge in [0.1, 0.15) is 0 Å². The van der Waals surface area contributed by atoms with Crippen LogP contribution in [0.1, 0.15) is 12.5 Å². The molecular formula is C15H16N2OS. The molecule has 1 atom stereocenters. The van der Waals surface area contributed by atoms with Crippen molar-refractivity contribution in [2.24, 2.45) is 0 Å². The summed E-state index contributed by atoms with van der Waals surface area (Å²) in [7, 11) is 0. The van der Waals surface area contributed by atoms with E-state index in [1.807, 2.05) is 55.5 Å². The van der Waals surface area contributed by atoms with Gasteiger partial charge in [0.2, 0.25) is 5.91 Å². The minimum Gasteiger partial charge on any atom is -0.351 e. The maximum atomic E-state index is 12.0. The van der Waals surface area contributed by atoms with Crippen LogP contribution < -0.4 is 5.32 Å². The monoisotopic (exact) mass is 272 g/mol. The fraction of sp³-hybridized carbons (Fsp3) is 0.200. The molecule has 1 heterocycles. The molecule has 3 nitrogen and oxygen atoms in total. The lowest BCUT2D eigenvalue weighted by molar-refractivity contribution is -0.120. The van der Waals surface area contributed by atoms with Crippen LogP contribution in [0.25, 0.3) is 0 Å². The van der Waals surface area contributed by atoms with E-state index < -0.39 is 0 Å². The van der Waals surface area contributed by atoms with Gasteiger partial charge < -0.3 is 5.32 Å². The van der Waals surface area contributed by atoms with Crippen LogP contribution in [-0.4, -0.2) is 16.1 Å². The molecule has 0 saturated carbocycles. The lowest BCUT2D eigenvalue weighted by atomic mass is 10.2. The van der Waals surface area contributed by atoms with Crippen LogP contribution in [0.2, 0.25) is 0 Å². The van der Waals surface area contributed by atoms with Gasteiger partial charge in [-0.25, -0.2) is 4.98 Å². The maximum Gasteiger partial charge on any atom is 0.233 e. The summed E-state index contributed by atoms with van der Waals surface area (Å²) in [6, 6.07) is 15.6. The van der Waals surface area contributed by atoms with Crippen molar-refractivity contribution < 1.29 is 4.79 Å². The Morgan fingerprint density at radius 2 is 1.95 bits per heavy atom. The van der Waals surface area contributed by atoms with Crippen molar-refractivity contribution in [3.05, 3.63) is 60.3 Å². The Balaban J connectivity index is 1.83. The lowest BCUT2D eigenvalue weighted by Gasteiger charge is -2.11. The second-order valence-corrected chi connectivity index (χ2v) is 5.49. The van der Waals surface area contributed by atoms with Gasteiger partial charge in [-0.15, -0.1) is 0 Å². The number of nitrogens with zero attached hydrogens (tertiary/aromatic N) is 1. The molecule has 1 unspecified atom stereocenters. The largest absolute Gasteiger partial charge is 0.351 e. The molecule has 1 aromatic heterocycles. The summed E-state index contributed by atoms with van der Waals surface area (Å²) in [6.45, 7) is 2.45. The number of nitrogens with one attached hydrogen (secondary N) is 1. The fourth-order valence-corrected chi connectivity index (χ4v) is 2.41. The summed E-state index contributed by atoms with van der Waals surface area (Å²) in [4.78, 5) is 16.2. The summed E-state index contributed by atoms with van der Waals surface area (Å²) < 4.78 is 0. The Morgan fingerprint density at radius 1 is 1.21 bits per heavy atom. The first-order valence-corrected chi connectivity index (χ1v) is 7.03. The number of hydrogen-bond donors (Lipinski definition) is 1. The molecule has 0 spiro atoms. The topological polar surface area (TPSA) is 42.0 Å². The van der Waals surface area contributed by atoms with Gasteiger partial charge in [-0.2, -0.15) is 0 Å². The van der Waals surface area contributed by atoms with Crippen molar-refractivity contribution in [1.82, 2.24) is 10.3 Å². The van der Waals surface area contributed by atoms with Crippen LogP contribution in [0.3, 0.4) is 0 Å². The Bertz CT molecular complexity index is 516. The number of aromatic nitrogens is 1. The molecule has 19 heavy (non-hydrogen) atoms. The normalized spacial score (nSPS) is 11.8. The van der Waals surface area contributed by atoms with Gasteiger partial charge in [-0.05, 0) is 24.6 Å². The number of amides is 1. The Hall–Kier alpha value is -1.81. The van der Waals surface area contributed by atoms with E-state index in [1.54, 1.807) is 6.20 Å². The first-order chi connectivity index (χ1) is 9.25. The average molecular weight is 272 g/mol. The highest BCUT2D eigenvalue weighted by Crippen LogP contribution is 2.20. The van der Waals surface area contributed by atoms with Crippen molar-refractivity contribution in [1.29, 1.82) is 0 Å². The average Bonchev–Trinajstić information content (AvgIpc) is 2.47. The first kappa shape index (κ1) is 13.6. The van der Waals surface area contributed by atoms with Crippen molar-refractivity contribution in [2.45, 2.75) is 23.7 Å². The van der Waals surface area contributed by atoms with E-state index in [2.05, 4.69) is 10.3 Å². The second kappa shape index (κ2) is 6.95. The minimum atomic E-state index is -0.154. The molecule has 0 aliphatic heterocycles. The van der Waals surface area contributed by atoms with E-state index in [9.17, 15) is 4.79 Å². The summed E-state index contributed by atoms with van der Waals surface area (Å²) in [6.07, 6.45) is 1.73. The van der Waals surface area contributed by atoms with Gasteiger partial charge in [0.15, 0.2) is 0 Å². The zero-order valence-corrected chi connectivity index (χ0v) is 11.6. The zero-order chi connectivity index (χ0) is 13.5. The highest BCUT2D eigenvalue weighted by atomic mass is 32.2. The molecule has 0 aliphatic rings. The lowest BCUT2D eigenvalue weighted by Crippen LogP contribution is -2.30. The quantitative estimate of drug-likeness (QED) is 0.851. The summed E-state index contributed by atoms with van der Waals surface area (Å²) in [5.74, 6) is 0.0273. The molecular weight excluding hydrogens is 256 g/mol. The third-order valence-electron chi connectivity index (χ3n) is 2.61. The van der Waals surface area contributed by atoms with Crippen LogP contribution in [0.15, 0.2) is 59.8 Å². The van der Waals surface area contributed by atoms with Crippen LogP contribution in [0.5, 0.6) is 0 Å². The molecule has 0 fully saturated rings. The van der Waals surface area contributed by atoms with E-state index in [1.165, 1.54) is 11.8 Å². The number of benzene rings is 1. The van der Waals surface area contributed by atoms with E-state index in [0.717, 1.165) is 10.6 Å². The van der Waals surface area contributed by atoms with Gasteiger partial charge in [0.05, 0.1) is 10.3 Å². The van der Waals surface area contributed by atoms with Crippen LogP contribution in [0, 0.1) is 0 Å². The summed E-state index contributed by atoms with van der Waals surface area (Å²) in [5, 5.41) is 3.64. The van der Waals surface area contributed by atoms with Crippen LogP contribution in [-0.2, 0) is 11.3 Å². The third-order valence-corrected chi connectivity index (χ3v) is 3.66. The van der Waals surface area contributed by atoms with E-state index in [4.69, 9.17) is 0 Å². The SMILES string of the molecule is CC(Sc1ccccn1)C(=O)NCc1ccccc1. The first-order valence-electron chi connectivity index (χ1n) is 6.15. The van der Waals surface area contributed by atoms with E-state index >= 15 is 0 Å². The Morgan fingerprint density at radius 3 is 2.63 bits per heavy atom. The third kappa shape index (κ3) is 4.41. The van der Waals surface area contributed by atoms with Gasteiger partial charge in [-0.3, -0.25) is 4.79 Å². The molecule has 1 amide bonds. The number of carbonyl (C=O) groups excluding carboxylic acids is 1. The Labute approximate surface area is 117 Å². The highest BCUT2D eigenvalue weighted by molar-refractivity contribution is 8.00. The van der Waals surface area contributed by atoms with Crippen molar-refractivity contribution in [3.63, 3.8) is 0 Å². The van der Waals surface area contributed by atoms with Gasteiger partial charge >= 0.3 is 0 Å². The molecule has 1 N–H and O–H groups in total. The smallest absolute Gasteiger partial charge is 0.233 e. The molecule has 0 saturated heterocycles. The minimum absolute atomic E-state index is 0.0273. The summed E-state index contributed by atoms with van der Waals surface area (Å²) >= 11 is 1.46. The zero-order valence-electron chi connectivity index (χ0n) is 10.7. The highest BCUT2D eigenvalue weighted by Gasteiger charge is 2.14. The van der Waals surface area contributed by atoms with Crippen LogP contribution in [0.4, 0.5) is 0 Å². The number of pyridine rings is 1.